The summed E-state index contributed by atoms with van der Waals surface area (Å²) in [5.74, 6) is 0. The second kappa shape index (κ2) is 7.48. The molecule has 0 saturated heterocycles. The van der Waals surface area contributed by atoms with Gasteiger partial charge in [-0.2, -0.15) is 0 Å². The van der Waals surface area contributed by atoms with Crippen LogP contribution in [0.2, 0.25) is 0 Å². The molecule has 0 fully saturated rings. The zero-order chi connectivity index (χ0) is 11.7. The molecule has 2 N–H and O–H groups in total. The van der Waals surface area contributed by atoms with Gasteiger partial charge in [0.1, 0.15) is 5.60 Å². The quantitative estimate of drug-likeness (QED) is 0.523. The highest BCUT2D eigenvalue weighted by Gasteiger charge is 2.15. The average Bonchev–Trinajstić information content (AvgIpc) is 2.08. The van der Waals surface area contributed by atoms with Crippen LogP contribution in [-0.4, -0.2) is 31.4 Å². The SMILES string of the molecule is CCCONCCNC(=O)OC(C)(C)C. The first kappa shape index (κ1) is 14.2. The van der Waals surface area contributed by atoms with Gasteiger partial charge in [-0.25, -0.2) is 10.3 Å². The fraction of sp³-hybridized carbons (Fsp3) is 0.900. The number of hydrogen-bond donors (Lipinski definition) is 2. The molecular weight excluding hydrogens is 196 g/mol. The molecule has 0 aromatic rings. The summed E-state index contributed by atoms with van der Waals surface area (Å²) in [7, 11) is 0. The van der Waals surface area contributed by atoms with Gasteiger partial charge in [0.05, 0.1) is 6.61 Å². The number of ether oxygens (including phenoxy) is 1. The van der Waals surface area contributed by atoms with Gasteiger partial charge in [0.15, 0.2) is 0 Å². The molecular formula is C10H22N2O3. The molecule has 90 valence electrons. The summed E-state index contributed by atoms with van der Waals surface area (Å²) >= 11 is 0. The minimum atomic E-state index is -0.448. The predicted octanol–water partition coefficient (Wildman–Crippen LogP) is 1.44. The third kappa shape index (κ3) is 11.1. The van der Waals surface area contributed by atoms with E-state index in [1.165, 1.54) is 0 Å². The number of rotatable bonds is 6. The molecule has 15 heavy (non-hydrogen) atoms. The van der Waals surface area contributed by atoms with Crippen molar-refractivity contribution < 1.29 is 14.4 Å². The van der Waals surface area contributed by atoms with Gasteiger partial charge in [0.2, 0.25) is 0 Å². The standard InChI is InChI=1S/C10H22N2O3/c1-5-8-14-12-7-6-11-9(13)15-10(2,3)4/h12H,5-8H2,1-4H3,(H,11,13). The van der Waals surface area contributed by atoms with Gasteiger partial charge in [0, 0.05) is 13.1 Å². The van der Waals surface area contributed by atoms with Crippen molar-refractivity contribution in [2.45, 2.75) is 39.7 Å². The highest BCUT2D eigenvalue weighted by atomic mass is 16.6. The molecule has 0 atom stereocenters. The van der Waals surface area contributed by atoms with E-state index in [0.717, 1.165) is 6.42 Å². The van der Waals surface area contributed by atoms with Crippen molar-refractivity contribution in [2.24, 2.45) is 0 Å². The number of nitrogens with one attached hydrogen (secondary N) is 2. The summed E-state index contributed by atoms with van der Waals surface area (Å²) in [4.78, 5) is 16.2. The summed E-state index contributed by atoms with van der Waals surface area (Å²) < 4.78 is 5.05. The van der Waals surface area contributed by atoms with Crippen LogP contribution in [0.25, 0.3) is 0 Å². The van der Waals surface area contributed by atoms with Crippen molar-refractivity contribution in [3.63, 3.8) is 0 Å². The van der Waals surface area contributed by atoms with Crippen molar-refractivity contribution in [3.05, 3.63) is 0 Å². The summed E-state index contributed by atoms with van der Waals surface area (Å²) in [5.41, 5.74) is 2.29. The molecule has 0 aliphatic carbocycles. The molecule has 0 heterocycles. The van der Waals surface area contributed by atoms with Crippen LogP contribution in [-0.2, 0) is 9.57 Å². The molecule has 0 bridgehead atoms. The van der Waals surface area contributed by atoms with Crippen LogP contribution in [0.15, 0.2) is 0 Å². The summed E-state index contributed by atoms with van der Waals surface area (Å²) in [6.07, 6.45) is 0.562. The second-order valence-corrected chi connectivity index (χ2v) is 4.17. The van der Waals surface area contributed by atoms with E-state index in [0.29, 0.717) is 19.7 Å². The lowest BCUT2D eigenvalue weighted by Gasteiger charge is -2.19. The van der Waals surface area contributed by atoms with Crippen LogP contribution < -0.4 is 10.8 Å². The van der Waals surface area contributed by atoms with E-state index in [2.05, 4.69) is 10.8 Å². The van der Waals surface area contributed by atoms with Crippen LogP contribution in [0.1, 0.15) is 34.1 Å². The van der Waals surface area contributed by atoms with Crippen LogP contribution in [0.4, 0.5) is 4.79 Å². The Morgan fingerprint density at radius 1 is 1.27 bits per heavy atom. The minimum absolute atomic E-state index is 0.403. The first-order chi connectivity index (χ1) is 6.95. The number of alkyl carbamates (subject to hydrolysis) is 1. The maximum absolute atomic E-state index is 11.1. The Balaban J connectivity index is 3.32. The van der Waals surface area contributed by atoms with Crippen molar-refractivity contribution in [1.82, 2.24) is 10.8 Å². The minimum Gasteiger partial charge on any atom is -0.444 e. The molecule has 1 amide bonds. The Bertz CT molecular complexity index is 178. The highest BCUT2D eigenvalue weighted by Crippen LogP contribution is 2.05. The molecule has 5 nitrogen and oxygen atoms in total. The highest BCUT2D eigenvalue weighted by molar-refractivity contribution is 5.67. The fourth-order valence-corrected chi connectivity index (χ4v) is 0.776. The van der Waals surface area contributed by atoms with E-state index in [1.54, 1.807) is 0 Å². The van der Waals surface area contributed by atoms with E-state index in [4.69, 9.17) is 9.57 Å². The normalized spacial score (nSPS) is 11.2. The lowest BCUT2D eigenvalue weighted by molar-refractivity contribution is 0.0378. The van der Waals surface area contributed by atoms with E-state index < -0.39 is 11.7 Å². The monoisotopic (exact) mass is 218 g/mol. The third-order valence-corrected chi connectivity index (χ3v) is 1.30. The molecule has 0 radical (unpaired) electrons. The Morgan fingerprint density at radius 3 is 2.47 bits per heavy atom. The summed E-state index contributed by atoms with van der Waals surface area (Å²) in [6, 6.07) is 0. The lowest BCUT2D eigenvalue weighted by atomic mass is 10.2. The molecule has 0 aromatic carbocycles. The number of carbonyl (C=O) groups is 1. The maximum Gasteiger partial charge on any atom is 0.407 e. The Morgan fingerprint density at radius 2 is 1.93 bits per heavy atom. The van der Waals surface area contributed by atoms with Crippen molar-refractivity contribution in [1.29, 1.82) is 0 Å². The van der Waals surface area contributed by atoms with Gasteiger partial charge in [-0.3, -0.25) is 0 Å². The largest absolute Gasteiger partial charge is 0.444 e. The van der Waals surface area contributed by atoms with E-state index in [1.807, 2.05) is 27.7 Å². The zero-order valence-corrected chi connectivity index (χ0v) is 10.1. The van der Waals surface area contributed by atoms with Crippen LogP contribution in [0, 0.1) is 0 Å². The van der Waals surface area contributed by atoms with Gasteiger partial charge in [0.25, 0.3) is 0 Å². The van der Waals surface area contributed by atoms with Crippen LogP contribution in [0.5, 0.6) is 0 Å². The molecule has 0 aliphatic rings. The smallest absolute Gasteiger partial charge is 0.407 e. The number of carbonyl (C=O) groups excluding carboxylic acids is 1. The number of hydrogen-bond acceptors (Lipinski definition) is 4. The Hall–Kier alpha value is -0.810. The Labute approximate surface area is 91.5 Å². The van der Waals surface area contributed by atoms with Crippen LogP contribution >= 0.6 is 0 Å². The fourth-order valence-electron chi connectivity index (χ4n) is 0.776. The zero-order valence-electron chi connectivity index (χ0n) is 10.1. The molecule has 0 unspecified atom stereocenters. The maximum atomic E-state index is 11.1. The summed E-state index contributed by atoms with van der Waals surface area (Å²) in [5, 5.41) is 2.61. The second-order valence-electron chi connectivity index (χ2n) is 4.17. The molecule has 0 spiro atoms. The van der Waals surface area contributed by atoms with Gasteiger partial charge in [-0.15, -0.1) is 0 Å². The first-order valence-electron chi connectivity index (χ1n) is 5.27. The topological polar surface area (TPSA) is 59.6 Å². The molecule has 0 aliphatic heterocycles. The summed E-state index contributed by atoms with van der Waals surface area (Å²) in [6.45, 7) is 9.24. The van der Waals surface area contributed by atoms with Crippen molar-refractivity contribution >= 4 is 6.09 Å². The third-order valence-electron chi connectivity index (χ3n) is 1.30. The predicted molar refractivity (Wildman–Crippen MR) is 58.5 cm³/mol. The van der Waals surface area contributed by atoms with Crippen molar-refractivity contribution in [2.75, 3.05) is 19.7 Å². The van der Waals surface area contributed by atoms with E-state index in [9.17, 15) is 4.79 Å². The molecule has 0 aromatic heterocycles. The number of hydroxylamine groups is 1. The van der Waals surface area contributed by atoms with Gasteiger partial charge < -0.3 is 14.9 Å². The van der Waals surface area contributed by atoms with Gasteiger partial charge in [-0.1, -0.05) is 6.92 Å². The van der Waals surface area contributed by atoms with E-state index in [-0.39, 0.29) is 0 Å². The van der Waals surface area contributed by atoms with Gasteiger partial charge >= 0.3 is 6.09 Å². The number of amides is 1. The van der Waals surface area contributed by atoms with E-state index >= 15 is 0 Å². The Kier molecular flexibility index (Phi) is 7.07. The molecule has 0 saturated carbocycles. The van der Waals surface area contributed by atoms with Crippen molar-refractivity contribution in [3.8, 4) is 0 Å². The van der Waals surface area contributed by atoms with Crippen LogP contribution in [0.3, 0.4) is 0 Å². The molecule has 0 rings (SSSR count). The van der Waals surface area contributed by atoms with Gasteiger partial charge in [-0.05, 0) is 27.2 Å². The lowest BCUT2D eigenvalue weighted by Crippen LogP contribution is -2.36. The molecule has 5 heteroatoms. The first-order valence-corrected chi connectivity index (χ1v) is 5.27. The average molecular weight is 218 g/mol.